The Morgan fingerprint density at radius 3 is 2.66 bits per heavy atom. The fourth-order valence-electron chi connectivity index (χ4n) is 5.46. The molecule has 1 aliphatic carbocycles. The van der Waals surface area contributed by atoms with Gasteiger partial charge in [0.05, 0.1) is 11.4 Å². The molecule has 0 saturated heterocycles. The number of fused-ring (bicyclic) bond motifs is 2. The molecule has 3 heterocycles. The summed E-state index contributed by atoms with van der Waals surface area (Å²) in [5, 5.41) is 1.75. The monoisotopic (exact) mass is 481 g/mol. The zero-order valence-corrected chi connectivity index (χ0v) is 20.6. The maximum atomic E-state index is 14.6. The number of hydrogen-bond acceptors (Lipinski definition) is 1. The van der Waals surface area contributed by atoms with Gasteiger partial charge in [-0.2, -0.15) is 0 Å². The van der Waals surface area contributed by atoms with E-state index in [4.69, 9.17) is 16.6 Å². The molecule has 0 spiro atoms. The van der Waals surface area contributed by atoms with E-state index in [1.165, 1.54) is 16.7 Å². The molecule has 1 aliphatic rings. The van der Waals surface area contributed by atoms with Crippen LogP contribution in [0.3, 0.4) is 0 Å². The molecule has 0 bridgehead atoms. The molecule has 2 aromatic carbocycles. The Morgan fingerprint density at radius 1 is 1.03 bits per heavy atom. The number of nitrogens with zero attached hydrogens (tertiary/aromatic N) is 1. The third-order valence-corrected chi connectivity index (χ3v) is 7.27. The van der Waals surface area contributed by atoms with Gasteiger partial charge in [-0.3, -0.25) is 4.98 Å². The summed E-state index contributed by atoms with van der Waals surface area (Å²) < 4.78 is 14.6. The smallest absolute Gasteiger partial charge is 0.125 e. The fourth-order valence-corrected chi connectivity index (χ4v) is 5.71. The number of rotatable bonds is 4. The predicted octanol–water partition coefficient (Wildman–Crippen LogP) is 8.55. The molecule has 3 nitrogen and oxygen atoms in total. The predicted molar refractivity (Wildman–Crippen MR) is 143 cm³/mol. The summed E-state index contributed by atoms with van der Waals surface area (Å²) in [5.41, 5.74) is 11.6. The SMILES string of the molecule is Cc1[nH]c(-c2cc(F)cc3[nH]ccc23)c(C(C)C)c1-c1ccnc2c1C=C(c1ccccc1Cl)C2. The van der Waals surface area contributed by atoms with Crippen molar-refractivity contribution < 1.29 is 4.39 Å². The number of aromatic nitrogens is 3. The molecule has 0 unspecified atom stereocenters. The Morgan fingerprint density at radius 2 is 1.86 bits per heavy atom. The highest BCUT2D eigenvalue weighted by atomic mass is 35.5. The summed E-state index contributed by atoms with van der Waals surface area (Å²) in [6, 6.07) is 15.2. The maximum Gasteiger partial charge on any atom is 0.125 e. The van der Waals surface area contributed by atoms with Crippen molar-refractivity contribution in [1.82, 2.24) is 15.0 Å². The number of halogens is 2. The number of hydrogen-bond donors (Lipinski definition) is 2. The van der Waals surface area contributed by atoms with Gasteiger partial charge in [0, 0.05) is 57.1 Å². The minimum atomic E-state index is -0.254. The molecule has 6 rings (SSSR count). The Labute approximate surface area is 208 Å². The number of aromatic amines is 2. The van der Waals surface area contributed by atoms with Crippen LogP contribution >= 0.6 is 11.6 Å². The lowest BCUT2D eigenvalue weighted by Crippen LogP contribution is -1.97. The second kappa shape index (κ2) is 8.24. The van der Waals surface area contributed by atoms with Crippen LogP contribution in [0.4, 0.5) is 4.39 Å². The first kappa shape index (κ1) is 21.9. The summed E-state index contributed by atoms with van der Waals surface area (Å²) in [6.07, 6.45) is 6.71. The number of allylic oxidation sites excluding steroid dienone is 1. The summed E-state index contributed by atoms with van der Waals surface area (Å²) >= 11 is 6.52. The highest BCUT2D eigenvalue weighted by Crippen LogP contribution is 2.45. The van der Waals surface area contributed by atoms with Crippen molar-refractivity contribution in [3.63, 3.8) is 0 Å². The highest BCUT2D eigenvalue weighted by molar-refractivity contribution is 6.32. The molecule has 0 saturated carbocycles. The molecule has 174 valence electrons. The zero-order valence-electron chi connectivity index (χ0n) is 19.8. The van der Waals surface area contributed by atoms with Gasteiger partial charge in [-0.1, -0.05) is 43.6 Å². The van der Waals surface area contributed by atoms with Crippen molar-refractivity contribution in [2.75, 3.05) is 0 Å². The zero-order chi connectivity index (χ0) is 24.3. The van der Waals surface area contributed by atoms with Crippen molar-refractivity contribution in [2.45, 2.75) is 33.1 Å². The van der Waals surface area contributed by atoms with E-state index >= 15 is 0 Å². The number of nitrogens with one attached hydrogen (secondary N) is 2. The lowest BCUT2D eigenvalue weighted by molar-refractivity contribution is 0.630. The quantitative estimate of drug-likeness (QED) is 0.265. The molecule has 0 aliphatic heterocycles. The van der Waals surface area contributed by atoms with Crippen LogP contribution < -0.4 is 0 Å². The first-order chi connectivity index (χ1) is 16.9. The minimum absolute atomic E-state index is 0.222. The van der Waals surface area contributed by atoms with Gasteiger partial charge in [0.1, 0.15) is 5.82 Å². The number of H-pyrrole nitrogens is 2. The third-order valence-electron chi connectivity index (χ3n) is 6.94. The van der Waals surface area contributed by atoms with E-state index < -0.39 is 0 Å². The highest BCUT2D eigenvalue weighted by Gasteiger charge is 2.26. The summed E-state index contributed by atoms with van der Waals surface area (Å²) in [4.78, 5) is 11.5. The average molecular weight is 482 g/mol. The third kappa shape index (κ3) is 3.52. The topological polar surface area (TPSA) is 44.5 Å². The van der Waals surface area contributed by atoms with E-state index in [2.05, 4.69) is 48.9 Å². The van der Waals surface area contributed by atoms with Crippen molar-refractivity contribution in [1.29, 1.82) is 0 Å². The molecule has 3 aromatic heterocycles. The number of pyridine rings is 1. The van der Waals surface area contributed by atoms with Crippen LogP contribution in [-0.4, -0.2) is 15.0 Å². The van der Waals surface area contributed by atoms with Crippen LogP contribution in [0.5, 0.6) is 0 Å². The van der Waals surface area contributed by atoms with Crippen LogP contribution in [0, 0.1) is 12.7 Å². The van der Waals surface area contributed by atoms with E-state index in [1.807, 2.05) is 36.7 Å². The van der Waals surface area contributed by atoms with E-state index in [1.54, 1.807) is 12.1 Å². The Hall–Kier alpha value is -3.63. The number of benzene rings is 2. The van der Waals surface area contributed by atoms with Crippen LogP contribution in [0.25, 0.3) is 44.9 Å². The van der Waals surface area contributed by atoms with Crippen LogP contribution in [0.2, 0.25) is 5.02 Å². The van der Waals surface area contributed by atoms with Crippen molar-refractivity contribution in [2.24, 2.45) is 0 Å². The van der Waals surface area contributed by atoms with E-state index in [9.17, 15) is 4.39 Å². The molecule has 0 radical (unpaired) electrons. The normalized spacial score (nSPS) is 13.0. The molecule has 5 aromatic rings. The minimum Gasteiger partial charge on any atom is -0.361 e. The van der Waals surface area contributed by atoms with Crippen molar-refractivity contribution in [3.05, 3.63) is 99.8 Å². The van der Waals surface area contributed by atoms with Gasteiger partial charge in [-0.15, -0.1) is 0 Å². The second-order valence-electron chi connectivity index (χ2n) is 9.51. The van der Waals surface area contributed by atoms with Gasteiger partial charge in [-0.25, -0.2) is 4.39 Å². The van der Waals surface area contributed by atoms with E-state index in [-0.39, 0.29) is 11.7 Å². The van der Waals surface area contributed by atoms with Gasteiger partial charge in [0.2, 0.25) is 0 Å². The summed E-state index contributed by atoms with van der Waals surface area (Å²) in [7, 11) is 0. The van der Waals surface area contributed by atoms with Gasteiger partial charge in [-0.05, 0) is 71.5 Å². The first-order valence-electron chi connectivity index (χ1n) is 11.9. The molecule has 2 N–H and O–H groups in total. The Balaban J connectivity index is 1.58. The van der Waals surface area contributed by atoms with Crippen LogP contribution in [0.15, 0.2) is 60.9 Å². The van der Waals surface area contributed by atoms with Gasteiger partial charge < -0.3 is 9.97 Å². The summed E-state index contributed by atoms with van der Waals surface area (Å²) in [6.45, 7) is 6.48. The lowest BCUT2D eigenvalue weighted by atomic mass is 9.89. The van der Waals surface area contributed by atoms with E-state index in [0.29, 0.717) is 0 Å². The Kier molecular flexibility index (Phi) is 5.15. The van der Waals surface area contributed by atoms with Crippen molar-refractivity contribution in [3.8, 4) is 22.4 Å². The molecule has 0 atom stereocenters. The number of aryl methyl sites for hydroxylation is 1. The maximum absolute atomic E-state index is 14.6. The standard InChI is InChI=1S/C30H25ClFN3/c1-16(2)28-29(17(3)35-30(28)24-14-19(32)15-27-21(24)8-10-34-27)22-9-11-33-26-13-18(12-23(22)26)20-6-4-5-7-25(20)31/h4-12,14-16,34-35H,13H2,1-3H3. The van der Waals surface area contributed by atoms with Gasteiger partial charge in [0.15, 0.2) is 0 Å². The molecule has 35 heavy (non-hydrogen) atoms. The average Bonchev–Trinajstić information content (AvgIpc) is 3.55. The van der Waals surface area contributed by atoms with Crippen LogP contribution in [0.1, 0.15) is 47.8 Å². The molecule has 5 heteroatoms. The molecular formula is C30H25ClFN3. The van der Waals surface area contributed by atoms with Crippen LogP contribution in [-0.2, 0) is 6.42 Å². The Bertz CT molecular complexity index is 1640. The van der Waals surface area contributed by atoms with E-state index in [0.717, 1.165) is 61.7 Å². The van der Waals surface area contributed by atoms with Gasteiger partial charge in [0.25, 0.3) is 0 Å². The van der Waals surface area contributed by atoms with Gasteiger partial charge >= 0.3 is 0 Å². The largest absolute Gasteiger partial charge is 0.361 e. The summed E-state index contributed by atoms with van der Waals surface area (Å²) in [5.74, 6) is -0.0324. The fraction of sp³-hybridized carbons (Fsp3) is 0.167. The lowest BCUT2D eigenvalue weighted by Gasteiger charge is -2.15. The molecule has 0 amide bonds. The molecule has 0 fully saturated rings. The first-order valence-corrected chi connectivity index (χ1v) is 12.2. The second-order valence-corrected chi connectivity index (χ2v) is 9.91. The van der Waals surface area contributed by atoms with Crippen molar-refractivity contribution >= 4 is 34.2 Å². The molecular weight excluding hydrogens is 457 g/mol.